The third-order valence-electron chi connectivity index (χ3n) is 4.58. The molecule has 144 valence electrons. The van der Waals surface area contributed by atoms with Crippen LogP contribution in [0, 0.1) is 5.92 Å². The maximum absolute atomic E-state index is 12.7. The molecule has 26 heavy (non-hydrogen) atoms. The Morgan fingerprint density at radius 2 is 1.92 bits per heavy atom. The van der Waals surface area contributed by atoms with Gasteiger partial charge < -0.3 is 14.2 Å². The van der Waals surface area contributed by atoms with Crippen molar-refractivity contribution in [3.05, 3.63) is 24.5 Å². The SMILES string of the molecule is O=C(OCS(=O)(=O)N1CCCCC1Oc1ccncc1)C1CCOCC1. The number of carbonyl (C=O) groups excluding carboxylic acids is 1. The largest absolute Gasteiger partial charge is 0.474 e. The second-order valence-corrected chi connectivity index (χ2v) is 8.31. The van der Waals surface area contributed by atoms with Crippen molar-refractivity contribution in [2.75, 3.05) is 25.7 Å². The fourth-order valence-electron chi connectivity index (χ4n) is 3.14. The Labute approximate surface area is 153 Å². The molecular weight excluding hydrogens is 360 g/mol. The van der Waals surface area contributed by atoms with Gasteiger partial charge in [0.1, 0.15) is 5.75 Å². The molecule has 2 saturated heterocycles. The van der Waals surface area contributed by atoms with Crippen molar-refractivity contribution in [1.29, 1.82) is 0 Å². The smallest absolute Gasteiger partial charge is 0.310 e. The zero-order valence-electron chi connectivity index (χ0n) is 14.6. The third kappa shape index (κ3) is 4.93. The van der Waals surface area contributed by atoms with Gasteiger partial charge in [0, 0.05) is 32.2 Å². The molecule has 3 heterocycles. The minimum Gasteiger partial charge on any atom is -0.474 e. The summed E-state index contributed by atoms with van der Waals surface area (Å²) in [5.41, 5.74) is 0. The molecule has 0 spiro atoms. The number of piperidine rings is 1. The first-order valence-electron chi connectivity index (χ1n) is 8.87. The number of nitrogens with zero attached hydrogens (tertiary/aromatic N) is 2. The highest BCUT2D eigenvalue weighted by atomic mass is 32.2. The van der Waals surface area contributed by atoms with Gasteiger partial charge in [0.25, 0.3) is 10.0 Å². The van der Waals surface area contributed by atoms with Crippen LogP contribution in [-0.2, 0) is 24.3 Å². The number of rotatable bonds is 6. The molecule has 2 fully saturated rings. The lowest BCUT2D eigenvalue weighted by Crippen LogP contribution is -2.48. The Morgan fingerprint density at radius 3 is 2.65 bits per heavy atom. The van der Waals surface area contributed by atoms with E-state index in [9.17, 15) is 13.2 Å². The first kappa shape index (κ1) is 19.1. The topological polar surface area (TPSA) is 95.0 Å². The average Bonchev–Trinajstić information content (AvgIpc) is 2.68. The molecule has 2 aliphatic rings. The standard InChI is InChI=1S/C17H24N2O6S/c20-17(14-6-11-23-12-7-14)24-13-26(21,22)19-10-2-1-3-16(19)25-15-4-8-18-9-5-15/h4-5,8-9,14,16H,1-3,6-7,10-13H2. The predicted octanol–water partition coefficient (Wildman–Crippen LogP) is 1.53. The molecule has 0 saturated carbocycles. The van der Waals surface area contributed by atoms with E-state index in [0.29, 0.717) is 44.8 Å². The molecule has 1 unspecified atom stereocenters. The van der Waals surface area contributed by atoms with Gasteiger partial charge in [-0.05, 0) is 44.2 Å². The maximum Gasteiger partial charge on any atom is 0.310 e. The summed E-state index contributed by atoms with van der Waals surface area (Å²) >= 11 is 0. The highest BCUT2D eigenvalue weighted by molar-refractivity contribution is 7.88. The van der Waals surface area contributed by atoms with E-state index in [4.69, 9.17) is 14.2 Å². The summed E-state index contributed by atoms with van der Waals surface area (Å²) in [7, 11) is -3.77. The predicted molar refractivity (Wildman–Crippen MR) is 92.6 cm³/mol. The zero-order chi connectivity index (χ0) is 18.4. The van der Waals surface area contributed by atoms with Crippen LogP contribution in [0.2, 0.25) is 0 Å². The molecule has 0 amide bonds. The van der Waals surface area contributed by atoms with Crippen LogP contribution in [0.1, 0.15) is 32.1 Å². The van der Waals surface area contributed by atoms with Crippen LogP contribution < -0.4 is 4.74 Å². The van der Waals surface area contributed by atoms with Gasteiger partial charge >= 0.3 is 5.97 Å². The van der Waals surface area contributed by atoms with Gasteiger partial charge in [-0.1, -0.05) is 0 Å². The Kier molecular flexibility index (Phi) is 6.44. The Morgan fingerprint density at radius 1 is 1.19 bits per heavy atom. The van der Waals surface area contributed by atoms with E-state index in [1.54, 1.807) is 24.5 Å². The van der Waals surface area contributed by atoms with Crippen LogP contribution in [0.5, 0.6) is 5.75 Å². The Hall–Kier alpha value is -1.71. The second-order valence-electron chi connectivity index (χ2n) is 6.44. The molecule has 0 aromatic carbocycles. The fraction of sp³-hybridized carbons (Fsp3) is 0.647. The molecule has 1 aromatic heterocycles. The van der Waals surface area contributed by atoms with Gasteiger partial charge in [0.2, 0.25) is 5.94 Å². The second kappa shape index (κ2) is 8.79. The Balaban J connectivity index is 1.60. The number of hydrogen-bond acceptors (Lipinski definition) is 7. The summed E-state index contributed by atoms with van der Waals surface area (Å²) in [5.74, 6) is -0.852. The van der Waals surface area contributed by atoms with Crippen molar-refractivity contribution in [2.24, 2.45) is 5.92 Å². The number of hydrogen-bond donors (Lipinski definition) is 0. The number of aromatic nitrogens is 1. The molecule has 2 aliphatic heterocycles. The van der Waals surface area contributed by atoms with Gasteiger partial charge in [-0.3, -0.25) is 9.78 Å². The quantitative estimate of drug-likeness (QED) is 0.686. The van der Waals surface area contributed by atoms with E-state index >= 15 is 0 Å². The first-order chi connectivity index (χ1) is 12.6. The molecule has 3 rings (SSSR count). The van der Waals surface area contributed by atoms with Crippen LogP contribution in [0.3, 0.4) is 0 Å². The van der Waals surface area contributed by atoms with Crippen LogP contribution in [-0.4, -0.2) is 55.6 Å². The lowest BCUT2D eigenvalue weighted by molar-refractivity contribution is -0.149. The third-order valence-corrected chi connectivity index (χ3v) is 6.13. The van der Waals surface area contributed by atoms with Crippen LogP contribution in [0.4, 0.5) is 0 Å². The van der Waals surface area contributed by atoms with Gasteiger partial charge in [0.15, 0.2) is 6.23 Å². The minimum absolute atomic E-state index is 0.288. The van der Waals surface area contributed by atoms with Gasteiger partial charge in [0.05, 0.1) is 5.92 Å². The van der Waals surface area contributed by atoms with Crippen molar-refractivity contribution < 1.29 is 27.4 Å². The van der Waals surface area contributed by atoms with Gasteiger partial charge in [-0.15, -0.1) is 0 Å². The highest BCUT2D eigenvalue weighted by Gasteiger charge is 2.35. The van der Waals surface area contributed by atoms with Crippen molar-refractivity contribution >= 4 is 16.0 Å². The summed E-state index contributed by atoms with van der Waals surface area (Å²) in [6.07, 6.45) is 5.94. The van der Waals surface area contributed by atoms with Crippen molar-refractivity contribution in [2.45, 2.75) is 38.3 Å². The summed E-state index contributed by atoms with van der Waals surface area (Å²) < 4.78 is 42.9. The van der Waals surface area contributed by atoms with Crippen LogP contribution in [0.15, 0.2) is 24.5 Å². The maximum atomic E-state index is 12.7. The number of pyridine rings is 1. The zero-order valence-corrected chi connectivity index (χ0v) is 15.4. The molecule has 1 aromatic rings. The lowest BCUT2D eigenvalue weighted by Gasteiger charge is -2.34. The van der Waals surface area contributed by atoms with E-state index in [0.717, 1.165) is 12.8 Å². The molecule has 0 radical (unpaired) electrons. The van der Waals surface area contributed by atoms with E-state index in [1.165, 1.54) is 4.31 Å². The molecular formula is C17H24N2O6S. The summed E-state index contributed by atoms with van der Waals surface area (Å²) in [5, 5.41) is 0. The summed E-state index contributed by atoms with van der Waals surface area (Å²) in [4.78, 5) is 16.0. The molecule has 1 atom stereocenters. The first-order valence-corrected chi connectivity index (χ1v) is 10.5. The number of esters is 1. The van der Waals surface area contributed by atoms with E-state index in [-0.39, 0.29) is 5.92 Å². The Bertz CT molecular complexity index is 690. The summed E-state index contributed by atoms with van der Waals surface area (Å²) in [6.45, 7) is 1.36. The molecule has 0 bridgehead atoms. The van der Waals surface area contributed by atoms with E-state index in [1.807, 2.05) is 0 Å². The number of ether oxygens (including phenoxy) is 3. The van der Waals surface area contributed by atoms with Crippen molar-refractivity contribution in [1.82, 2.24) is 9.29 Å². The van der Waals surface area contributed by atoms with E-state index in [2.05, 4.69) is 4.98 Å². The molecule has 9 heteroatoms. The van der Waals surface area contributed by atoms with Crippen LogP contribution in [0.25, 0.3) is 0 Å². The monoisotopic (exact) mass is 384 g/mol. The molecule has 0 aliphatic carbocycles. The summed E-state index contributed by atoms with van der Waals surface area (Å²) in [6, 6.07) is 3.37. The lowest BCUT2D eigenvalue weighted by atomic mass is 10.0. The van der Waals surface area contributed by atoms with Gasteiger partial charge in [-0.25, -0.2) is 8.42 Å². The van der Waals surface area contributed by atoms with Crippen molar-refractivity contribution in [3.63, 3.8) is 0 Å². The number of carbonyl (C=O) groups is 1. The number of sulfonamides is 1. The van der Waals surface area contributed by atoms with Crippen molar-refractivity contribution in [3.8, 4) is 5.75 Å². The van der Waals surface area contributed by atoms with E-state index < -0.39 is 28.2 Å². The average molecular weight is 384 g/mol. The fourth-order valence-corrected chi connectivity index (χ4v) is 4.45. The minimum atomic E-state index is -3.77. The normalized spacial score (nSPS) is 22.7. The molecule has 8 nitrogen and oxygen atoms in total. The van der Waals surface area contributed by atoms with Crippen LogP contribution >= 0.6 is 0 Å². The van der Waals surface area contributed by atoms with Gasteiger partial charge in [-0.2, -0.15) is 4.31 Å². The molecule has 0 N–H and O–H groups in total. The highest BCUT2D eigenvalue weighted by Crippen LogP contribution is 2.24.